The van der Waals surface area contributed by atoms with Crippen molar-refractivity contribution < 1.29 is 14.3 Å². The van der Waals surface area contributed by atoms with Gasteiger partial charge in [-0.05, 0) is 18.2 Å². The Morgan fingerprint density at radius 3 is 2.70 bits per heavy atom. The van der Waals surface area contributed by atoms with E-state index in [-0.39, 0.29) is 18.3 Å². The normalized spacial score (nSPS) is 15.3. The highest BCUT2D eigenvalue weighted by molar-refractivity contribution is 5.94. The van der Waals surface area contributed by atoms with E-state index < -0.39 is 6.10 Å². The molecule has 136 valence electrons. The topological polar surface area (TPSA) is 64.4 Å². The molecule has 6 nitrogen and oxygen atoms in total. The van der Waals surface area contributed by atoms with Gasteiger partial charge in [0.15, 0.2) is 0 Å². The SMILES string of the molecule is CN(Cc1cnn(-c2ccccc2)c1)C(=O)CC1OC(=O)c2ccccc21. The highest BCUT2D eigenvalue weighted by Gasteiger charge is 2.32. The smallest absolute Gasteiger partial charge is 0.339 e. The lowest BCUT2D eigenvalue weighted by Gasteiger charge is -2.18. The van der Waals surface area contributed by atoms with Crippen molar-refractivity contribution >= 4 is 11.9 Å². The number of hydrogen-bond acceptors (Lipinski definition) is 4. The third kappa shape index (κ3) is 3.46. The Balaban J connectivity index is 1.41. The fraction of sp³-hybridized carbons (Fsp3) is 0.190. The summed E-state index contributed by atoms with van der Waals surface area (Å²) < 4.78 is 7.14. The van der Waals surface area contributed by atoms with Crippen molar-refractivity contribution in [3.8, 4) is 5.69 Å². The standard InChI is InChI=1S/C21H19N3O3/c1-23(13-15-12-22-24(14-15)16-7-3-2-4-8-16)20(25)11-19-17-9-5-6-10-18(17)21(26)27-19/h2-10,12,14,19H,11,13H2,1H3. The monoisotopic (exact) mass is 361 g/mol. The minimum atomic E-state index is -0.518. The average Bonchev–Trinajstić information content (AvgIpc) is 3.28. The van der Waals surface area contributed by atoms with Crippen LogP contribution >= 0.6 is 0 Å². The lowest BCUT2D eigenvalue weighted by atomic mass is 10.0. The number of cyclic esters (lactones) is 1. The maximum atomic E-state index is 12.6. The summed E-state index contributed by atoms with van der Waals surface area (Å²) in [6, 6.07) is 17.0. The molecule has 1 atom stereocenters. The highest BCUT2D eigenvalue weighted by Crippen LogP contribution is 2.33. The van der Waals surface area contributed by atoms with Crippen LogP contribution in [-0.4, -0.2) is 33.6 Å². The summed E-state index contributed by atoms with van der Waals surface area (Å²) in [6.07, 6.45) is 3.27. The van der Waals surface area contributed by atoms with E-state index >= 15 is 0 Å². The van der Waals surface area contributed by atoms with Gasteiger partial charge in [-0.25, -0.2) is 9.48 Å². The molecule has 1 aliphatic rings. The van der Waals surface area contributed by atoms with E-state index in [1.165, 1.54) is 0 Å². The Labute approximate surface area is 157 Å². The van der Waals surface area contributed by atoms with Crippen LogP contribution in [0.1, 0.15) is 34.0 Å². The highest BCUT2D eigenvalue weighted by atomic mass is 16.5. The van der Waals surface area contributed by atoms with Gasteiger partial charge in [-0.15, -0.1) is 0 Å². The maximum absolute atomic E-state index is 12.6. The summed E-state index contributed by atoms with van der Waals surface area (Å²) >= 11 is 0. The van der Waals surface area contributed by atoms with Crippen molar-refractivity contribution in [1.29, 1.82) is 0 Å². The van der Waals surface area contributed by atoms with Crippen LogP contribution in [0, 0.1) is 0 Å². The molecular weight excluding hydrogens is 342 g/mol. The summed E-state index contributed by atoms with van der Waals surface area (Å²) in [6.45, 7) is 0.438. The first-order valence-corrected chi connectivity index (χ1v) is 8.74. The zero-order valence-electron chi connectivity index (χ0n) is 14.9. The van der Waals surface area contributed by atoms with Crippen molar-refractivity contribution in [3.63, 3.8) is 0 Å². The zero-order valence-corrected chi connectivity index (χ0v) is 14.9. The van der Waals surface area contributed by atoms with E-state index in [1.54, 1.807) is 35.0 Å². The number of aromatic nitrogens is 2. The zero-order chi connectivity index (χ0) is 18.8. The van der Waals surface area contributed by atoms with Crippen molar-refractivity contribution in [2.75, 3.05) is 7.05 Å². The summed E-state index contributed by atoms with van der Waals surface area (Å²) in [5.41, 5.74) is 3.22. The number of rotatable bonds is 5. The van der Waals surface area contributed by atoms with Crippen LogP contribution in [0.2, 0.25) is 0 Å². The quantitative estimate of drug-likeness (QED) is 0.655. The lowest BCUT2D eigenvalue weighted by Crippen LogP contribution is -2.27. The number of fused-ring (bicyclic) bond motifs is 1. The van der Waals surface area contributed by atoms with Crippen LogP contribution in [0.5, 0.6) is 0 Å². The van der Waals surface area contributed by atoms with E-state index in [1.807, 2.05) is 48.7 Å². The lowest BCUT2D eigenvalue weighted by molar-refractivity contribution is -0.132. The largest absolute Gasteiger partial charge is 0.453 e. The number of carbonyl (C=O) groups excluding carboxylic acids is 2. The molecule has 1 unspecified atom stereocenters. The molecule has 6 heteroatoms. The van der Waals surface area contributed by atoms with Gasteiger partial charge >= 0.3 is 5.97 Å². The molecular formula is C21H19N3O3. The molecule has 3 aromatic rings. The first-order chi connectivity index (χ1) is 13.1. The molecule has 0 spiro atoms. The Kier molecular flexibility index (Phi) is 4.46. The van der Waals surface area contributed by atoms with Crippen LogP contribution in [-0.2, 0) is 16.1 Å². The fourth-order valence-electron chi connectivity index (χ4n) is 3.21. The Bertz CT molecular complexity index is 981. The Hall–Kier alpha value is -3.41. The van der Waals surface area contributed by atoms with Crippen molar-refractivity contribution in [2.45, 2.75) is 19.1 Å². The molecule has 2 heterocycles. The predicted octanol–water partition coefficient (Wildman–Crippen LogP) is 3.13. The minimum Gasteiger partial charge on any atom is -0.453 e. The van der Waals surface area contributed by atoms with Gasteiger partial charge in [0.2, 0.25) is 5.91 Å². The second kappa shape index (κ2) is 7.07. The summed E-state index contributed by atoms with van der Waals surface area (Å²) in [5.74, 6) is -0.452. The number of nitrogens with zero attached hydrogens (tertiary/aromatic N) is 3. The molecule has 0 radical (unpaired) electrons. The van der Waals surface area contributed by atoms with E-state index in [0.717, 1.165) is 16.8 Å². The summed E-state index contributed by atoms with van der Waals surface area (Å²) in [4.78, 5) is 26.1. The molecule has 0 aliphatic carbocycles. The van der Waals surface area contributed by atoms with Crippen LogP contribution in [0.3, 0.4) is 0 Å². The fourth-order valence-corrected chi connectivity index (χ4v) is 3.21. The molecule has 4 rings (SSSR count). The first-order valence-electron chi connectivity index (χ1n) is 8.74. The Morgan fingerprint density at radius 2 is 1.89 bits per heavy atom. The second-order valence-corrected chi connectivity index (χ2v) is 6.56. The number of para-hydroxylation sites is 1. The number of ether oxygens (including phenoxy) is 1. The van der Waals surface area contributed by atoms with Gasteiger partial charge in [0.25, 0.3) is 0 Å². The van der Waals surface area contributed by atoms with Gasteiger partial charge in [-0.3, -0.25) is 4.79 Å². The third-order valence-electron chi connectivity index (χ3n) is 4.64. The van der Waals surface area contributed by atoms with Gasteiger partial charge in [-0.1, -0.05) is 36.4 Å². The Morgan fingerprint density at radius 1 is 1.15 bits per heavy atom. The van der Waals surface area contributed by atoms with Crippen molar-refractivity contribution in [1.82, 2.24) is 14.7 Å². The van der Waals surface area contributed by atoms with E-state index in [9.17, 15) is 9.59 Å². The van der Waals surface area contributed by atoms with Gasteiger partial charge in [-0.2, -0.15) is 5.10 Å². The first kappa shape index (κ1) is 17.0. The van der Waals surface area contributed by atoms with E-state index in [2.05, 4.69) is 5.10 Å². The second-order valence-electron chi connectivity index (χ2n) is 6.56. The molecule has 0 saturated heterocycles. The van der Waals surface area contributed by atoms with Crippen LogP contribution in [0.15, 0.2) is 67.0 Å². The summed E-state index contributed by atoms with van der Waals surface area (Å²) in [7, 11) is 1.74. The van der Waals surface area contributed by atoms with Gasteiger partial charge in [0, 0.05) is 30.9 Å². The van der Waals surface area contributed by atoms with Gasteiger partial charge in [0.1, 0.15) is 6.10 Å². The van der Waals surface area contributed by atoms with Gasteiger partial charge < -0.3 is 9.64 Å². The summed E-state index contributed by atoms with van der Waals surface area (Å²) in [5, 5.41) is 4.35. The molecule has 0 bridgehead atoms. The van der Waals surface area contributed by atoms with Crippen LogP contribution < -0.4 is 0 Å². The van der Waals surface area contributed by atoms with Gasteiger partial charge in [0.05, 0.1) is 23.9 Å². The minimum absolute atomic E-state index is 0.0861. The molecule has 1 aromatic heterocycles. The van der Waals surface area contributed by atoms with Crippen molar-refractivity contribution in [2.24, 2.45) is 0 Å². The number of benzene rings is 2. The number of amides is 1. The third-order valence-corrected chi connectivity index (χ3v) is 4.64. The van der Waals surface area contributed by atoms with Crippen LogP contribution in [0.25, 0.3) is 5.69 Å². The number of esters is 1. The molecule has 0 saturated carbocycles. The van der Waals surface area contributed by atoms with Crippen molar-refractivity contribution in [3.05, 3.63) is 83.7 Å². The molecule has 2 aromatic carbocycles. The number of carbonyl (C=O) groups is 2. The molecule has 1 aliphatic heterocycles. The number of hydrogen-bond donors (Lipinski definition) is 0. The molecule has 0 fully saturated rings. The molecule has 0 N–H and O–H groups in total. The van der Waals surface area contributed by atoms with E-state index in [4.69, 9.17) is 4.74 Å². The molecule has 27 heavy (non-hydrogen) atoms. The molecule has 1 amide bonds. The van der Waals surface area contributed by atoms with E-state index in [0.29, 0.717) is 12.1 Å². The average molecular weight is 361 g/mol. The predicted molar refractivity (Wildman–Crippen MR) is 99.3 cm³/mol. The maximum Gasteiger partial charge on any atom is 0.339 e. The van der Waals surface area contributed by atoms with Crippen LogP contribution in [0.4, 0.5) is 0 Å².